The second-order valence-corrected chi connectivity index (χ2v) is 11.9. The molecule has 2 fully saturated rings. The number of aliphatic carboxylic acids is 1. The van der Waals surface area contributed by atoms with Crippen molar-refractivity contribution in [2.24, 2.45) is 5.41 Å². The van der Waals surface area contributed by atoms with Crippen molar-refractivity contribution in [3.05, 3.63) is 53.1 Å². The number of carbonyl (C=O) groups is 2. The third kappa shape index (κ3) is 5.97. The number of aromatic amines is 1. The van der Waals surface area contributed by atoms with Crippen LogP contribution in [0.25, 0.3) is 5.57 Å². The number of aromatic nitrogens is 2. The number of imidazole rings is 1. The van der Waals surface area contributed by atoms with Crippen LogP contribution in [-0.4, -0.2) is 82.7 Å². The summed E-state index contributed by atoms with van der Waals surface area (Å²) < 4.78 is 5.80. The van der Waals surface area contributed by atoms with Crippen LogP contribution in [0.2, 0.25) is 0 Å². The number of carbonyl (C=O) groups excluding carboxylic acids is 1. The molecule has 5 rings (SSSR count). The lowest BCUT2D eigenvalue weighted by atomic mass is 9.75. The molecule has 1 aliphatic carbocycles. The maximum absolute atomic E-state index is 13.1. The summed E-state index contributed by atoms with van der Waals surface area (Å²) in [5, 5.41) is 21.4. The average molecular weight is 547 g/mol. The number of allylic oxidation sites excluding steroid dienone is 2. The highest BCUT2D eigenvalue weighted by atomic mass is 16.5. The van der Waals surface area contributed by atoms with Crippen molar-refractivity contribution in [3.8, 4) is 6.07 Å². The van der Waals surface area contributed by atoms with Gasteiger partial charge in [-0.2, -0.15) is 5.26 Å². The van der Waals surface area contributed by atoms with Crippen LogP contribution in [0, 0.1) is 16.7 Å². The lowest BCUT2D eigenvalue weighted by molar-refractivity contribution is -0.139. The second kappa shape index (κ2) is 11.5. The molecule has 2 saturated heterocycles. The Morgan fingerprint density at radius 2 is 1.93 bits per heavy atom. The van der Waals surface area contributed by atoms with Gasteiger partial charge in [-0.15, -0.1) is 0 Å². The summed E-state index contributed by atoms with van der Waals surface area (Å²) in [7, 11) is 0. The number of benzene rings is 1. The summed E-state index contributed by atoms with van der Waals surface area (Å²) in [6.07, 6.45) is 8.32. The van der Waals surface area contributed by atoms with Gasteiger partial charge in [-0.05, 0) is 60.8 Å². The van der Waals surface area contributed by atoms with Crippen LogP contribution in [0.1, 0.15) is 73.4 Å². The Bertz CT molecular complexity index is 1330. The molecule has 1 aromatic carbocycles. The van der Waals surface area contributed by atoms with Crippen LogP contribution in [0.5, 0.6) is 0 Å². The van der Waals surface area contributed by atoms with E-state index < -0.39 is 5.97 Å². The first-order valence-electron chi connectivity index (χ1n) is 14.1. The Balaban J connectivity index is 1.49. The number of hydrogen-bond donors (Lipinski definition) is 3. The van der Waals surface area contributed by atoms with Crippen LogP contribution < -0.4 is 5.32 Å². The average Bonchev–Trinajstić information content (AvgIpc) is 3.44. The largest absolute Gasteiger partial charge is 0.480 e. The topological polar surface area (TPSA) is 135 Å². The Morgan fingerprint density at radius 3 is 2.55 bits per heavy atom. The minimum absolute atomic E-state index is 0.0680. The third-order valence-electron chi connectivity index (χ3n) is 8.69. The second-order valence-electron chi connectivity index (χ2n) is 11.9. The summed E-state index contributed by atoms with van der Waals surface area (Å²) in [6.45, 7) is 8.97. The van der Waals surface area contributed by atoms with E-state index in [0.717, 1.165) is 56.4 Å². The van der Waals surface area contributed by atoms with Crippen LogP contribution in [0.3, 0.4) is 0 Å². The SMILES string of the molecule is CC1(C)CC=C(c2cc(C3(N4CCN(CC(=O)O)CC4)CCOCC3)ccc2NC(=O)c2ncc(C#N)[nH]2)CC1. The fourth-order valence-corrected chi connectivity index (χ4v) is 6.23. The molecule has 0 atom stereocenters. The van der Waals surface area contributed by atoms with E-state index in [1.807, 2.05) is 17.0 Å². The maximum atomic E-state index is 13.1. The highest BCUT2D eigenvalue weighted by molar-refractivity contribution is 6.03. The highest BCUT2D eigenvalue weighted by Gasteiger charge is 2.42. The lowest BCUT2D eigenvalue weighted by Gasteiger charge is -2.50. The number of nitrogens with one attached hydrogen (secondary N) is 2. The number of carboxylic acids is 1. The molecule has 2 aliphatic heterocycles. The van der Waals surface area contributed by atoms with E-state index >= 15 is 0 Å². The van der Waals surface area contributed by atoms with Gasteiger partial charge in [0.25, 0.3) is 5.91 Å². The number of hydrogen-bond acceptors (Lipinski definition) is 7. The number of H-pyrrole nitrogens is 1. The van der Waals surface area contributed by atoms with Crippen molar-refractivity contribution in [2.45, 2.75) is 51.5 Å². The first kappa shape index (κ1) is 28.0. The Hall–Kier alpha value is -3.52. The van der Waals surface area contributed by atoms with Crippen LogP contribution in [-0.2, 0) is 15.1 Å². The number of anilines is 1. The molecule has 2 aromatic rings. The van der Waals surface area contributed by atoms with Crippen LogP contribution >= 0.6 is 0 Å². The predicted molar refractivity (Wildman–Crippen MR) is 151 cm³/mol. The molecular weight excluding hydrogens is 508 g/mol. The summed E-state index contributed by atoms with van der Waals surface area (Å²) in [5.41, 5.74) is 4.43. The molecule has 10 nitrogen and oxygen atoms in total. The van der Waals surface area contributed by atoms with Crippen molar-refractivity contribution >= 4 is 23.1 Å². The van der Waals surface area contributed by atoms with Gasteiger partial charge < -0.3 is 20.1 Å². The Morgan fingerprint density at radius 1 is 1.18 bits per heavy atom. The summed E-state index contributed by atoms with van der Waals surface area (Å²) in [6, 6.07) is 8.33. The van der Waals surface area contributed by atoms with Crippen molar-refractivity contribution in [1.29, 1.82) is 5.26 Å². The van der Waals surface area contributed by atoms with E-state index in [0.29, 0.717) is 26.3 Å². The molecule has 0 bridgehead atoms. The molecule has 10 heteroatoms. The van der Waals surface area contributed by atoms with Gasteiger partial charge in [0.05, 0.1) is 18.3 Å². The van der Waals surface area contributed by atoms with Gasteiger partial charge in [0.1, 0.15) is 11.8 Å². The molecule has 0 unspecified atom stereocenters. The van der Waals surface area contributed by atoms with Gasteiger partial charge in [-0.1, -0.05) is 26.0 Å². The number of nitrogens with zero attached hydrogens (tertiary/aromatic N) is 4. The van der Waals surface area contributed by atoms with E-state index in [-0.39, 0.29) is 34.9 Å². The first-order chi connectivity index (χ1) is 19.2. The highest BCUT2D eigenvalue weighted by Crippen LogP contribution is 2.44. The molecule has 1 amide bonds. The fourth-order valence-electron chi connectivity index (χ4n) is 6.23. The lowest BCUT2D eigenvalue weighted by Crippen LogP contribution is -2.57. The Labute approximate surface area is 235 Å². The number of ether oxygens (including phenoxy) is 1. The van der Waals surface area contributed by atoms with Gasteiger partial charge >= 0.3 is 5.97 Å². The predicted octanol–water partition coefficient (Wildman–Crippen LogP) is 3.84. The van der Waals surface area contributed by atoms with Crippen molar-refractivity contribution in [1.82, 2.24) is 19.8 Å². The summed E-state index contributed by atoms with van der Waals surface area (Å²) in [5.74, 6) is -1.08. The zero-order chi connectivity index (χ0) is 28.3. The number of carboxylic acid groups (broad SMARTS) is 1. The smallest absolute Gasteiger partial charge is 0.317 e. The number of nitriles is 1. The molecule has 40 heavy (non-hydrogen) atoms. The van der Waals surface area contributed by atoms with E-state index in [1.54, 1.807) is 0 Å². The molecule has 3 heterocycles. The molecule has 0 saturated carbocycles. The van der Waals surface area contributed by atoms with E-state index in [4.69, 9.17) is 10.00 Å². The number of piperazine rings is 1. The van der Waals surface area contributed by atoms with Crippen LogP contribution in [0.15, 0.2) is 30.5 Å². The van der Waals surface area contributed by atoms with Crippen LogP contribution in [0.4, 0.5) is 5.69 Å². The van der Waals surface area contributed by atoms with Gasteiger partial charge in [0.15, 0.2) is 5.82 Å². The third-order valence-corrected chi connectivity index (χ3v) is 8.69. The normalized spacial score (nSPS) is 21.3. The molecule has 1 aromatic heterocycles. The molecule has 0 radical (unpaired) electrons. The minimum Gasteiger partial charge on any atom is -0.480 e. The van der Waals surface area contributed by atoms with E-state index in [1.165, 1.54) is 17.3 Å². The fraction of sp³-hybridized carbons (Fsp3) is 0.533. The quantitative estimate of drug-likeness (QED) is 0.477. The molecule has 3 N–H and O–H groups in total. The number of rotatable bonds is 7. The minimum atomic E-state index is -0.793. The maximum Gasteiger partial charge on any atom is 0.317 e. The van der Waals surface area contributed by atoms with Crippen molar-refractivity contribution in [2.75, 3.05) is 51.3 Å². The van der Waals surface area contributed by atoms with Crippen molar-refractivity contribution < 1.29 is 19.4 Å². The zero-order valence-corrected chi connectivity index (χ0v) is 23.3. The monoisotopic (exact) mass is 546 g/mol. The first-order valence-corrected chi connectivity index (χ1v) is 14.1. The Kier molecular flexibility index (Phi) is 8.08. The van der Waals surface area contributed by atoms with E-state index in [9.17, 15) is 14.7 Å². The number of amides is 1. The summed E-state index contributed by atoms with van der Waals surface area (Å²) >= 11 is 0. The van der Waals surface area contributed by atoms with Gasteiger partial charge in [-0.3, -0.25) is 19.4 Å². The molecule has 212 valence electrons. The summed E-state index contributed by atoms with van der Waals surface area (Å²) in [4.78, 5) is 35.7. The van der Waals surface area contributed by atoms with Gasteiger partial charge in [0, 0.05) is 50.6 Å². The molecule has 3 aliphatic rings. The zero-order valence-electron chi connectivity index (χ0n) is 23.3. The molecular formula is C30H38N6O4. The van der Waals surface area contributed by atoms with Gasteiger partial charge in [-0.25, -0.2) is 4.98 Å². The molecule has 0 spiro atoms. The standard InChI is InChI=1S/C30H38N6O4/c1-29(2)7-5-21(6-8-29)24-17-22(3-4-25(24)34-28(39)27-32-19-23(18-31)33-27)30(9-15-40-16-10-30)36-13-11-35(12-14-36)20-26(37)38/h3-5,17,19H,6-16,20H2,1-2H3,(H,32,33)(H,34,39)(H,37,38). The van der Waals surface area contributed by atoms with E-state index in [2.05, 4.69) is 52.2 Å². The van der Waals surface area contributed by atoms with Gasteiger partial charge in [0.2, 0.25) is 0 Å². The van der Waals surface area contributed by atoms with Crippen molar-refractivity contribution in [3.63, 3.8) is 0 Å².